The Balaban J connectivity index is 1.91. The Morgan fingerprint density at radius 1 is 1.44 bits per heavy atom. The van der Waals surface area contributed by atoms with Gasteiger partial charge in [0.15, 0.2) is 0 Å². The summed E-state index contributed by atoms with van der Waals surface area (Å²) in [5, 5.41) is 8.54. The van der Waals surface area contributed by atoms with Crippen LogP contribution in [-0.2, 0) is 4.79 Å². The van der Waals surface area contributed by atoms with Gasteiger partial charge in [0.25, 0.3) is 0 Å². The maximum atomic E-state index is 10.4. The molecule has 84 valence electrons. The molecule has 0 spiro atoms. The zero-order valence-electron chi connectivity index (χ0n) is 8.67. The number of hydrogen-bond acceptors (Lipinski definition) is 4. The van der Waals surface area contributed by atoms with Crippen molar-refractivity contribution in [3.63, 3.8) is 0 Å². The van der Waals surface area contributed by atoms with Crippen molar-refractivity contribution in [3.8, 4) is 0 Å². The quantitative estimate of drug-likeness (QED) is 0.816. The molecule has 0 atom stereocenters. The van der Waals surface area contributed by atoms with Crippen LogP contribution >= 0.6 is 11.9 Å². The van der Waals surface area contributed by atoms with Crippen LogP contribution in [0.2, 0.25) is 0 Å². The molecule has 0 saturated carbocycles. The fraction of sp³-hybridized carbons (Fsp3) is 0.273. The highest BCUT2D eigenvalue weighted by molar-refractivity contribution is 7.97. The van der Waals surface area contributed by atoms with Gasteiger partial charge in [0.1, 0.15) is 6.34 Å². The van der Waals surface area contributed by atoms with E-state index >= 15 is 0 Å². The first-order chi connectivity index (χ1) is 7.75. The van der Waals surface area contributed by atoms with Gasteiger partial charge in [-0.05, 0) is 30.5 Å². The number of benzene rings is 1. The first-order valence-electron chi connectivity index (χ1n) is 5.05. The minimum absolute atomic E-state index is 0.201. The van der Waals surface area contributed by atoms with Gasteiger partial charge in [-0.3, -0.25) is 4.79 Å². The van der Waals surface area contributed by atoms with E-state index in [9.17, 15) is 4.79 Å². The standard InChI is InChI=1S/C11H12N2O2S/c14-11(15)6-3-7-13-8-12-9-4-1-2-5-10(9)16-13/h1-2,4-5,8H,3,6-7H2,(H,14,15). The van der Waals surface area contributed by atoms with Crippen molar-refractivity contribution >= 4 is 29.9 Å². The summed E-state index contributed by atoms with van der Waals surface area (Å²) >= 11 is 1.60. The summed E-state index contributed by atoms with van der Waals surface area (Å²) in [4.78, 5) is 15.8. The molecule has 0 radical (unpaired) electrons. The lowest BCUT2D eigenvalue weighted by atomic mass is 10.3. The van der Waals surface area contributed by atoms with Crippen LogP contribution in [0.25, 0.3) is 0 Å². The molecule has 1 aromatic rings. The van der Waals surface area contributed by atoms with Crippen molar-refractivity contribution in [1.82, 2.24) is 4.31 Å². The van der Waals surface area contributed by atoms with Crippen LogP contribution in [0.5, 0.6) is 0 Å². The van der Waals surface area contributed by atoms with Crippen molar-refractivity contribution in [2.75, 3.05) is 6.54 Å². The first kappa shape index (κ1) is 11.0. The minimum Gasteiger partial charge on any atom is -0.481 e. The second kappa shape index (κ2) is 5.03. The van der Waals surface area contributed by atoms with Crippen molar-refractivity contribution in [2.45, 2.75) is 17.7 Å². The topological polar surface area (TPSA) is 52.9 Å². The van der Waals surface area contributed by atoms with Gasteiger partial charge in [-0.15, -0.1) is 0 Å². The lowest BCUT2D eigenvalue weighted by Gasteiger charge is -2.22. The molecule has 0 saturated heterocycles. The Bertz CT molecular complexity index is 420. The Labute approximate surface area is 98.1 Å². The molecule has 1 heterocycles. The summed E-state index contributed by atoms with van der Waals surface area (Å²) in [6.45, 7) is 0.703. The van der Waals surface area contributed by atoms with E-state index in [1.54, 1.807) is 18.3 Å². The number of hydrogen-bond donors (Lipinski definition) is 1. The monoisotopic (exact) mass is 236 g/mol. The van der Waals surface area contributed by atoms with Gasteiger partial charge in [-0.1, -0.05) is 12.1 Å². The van der Waals surface area contributed by atoms with Gasteiger partial charge in [0.2, 0.25) is 0 Å². The fourth-order valence-electron chi connectivity index (χ4n) is 1.41. The molecule has 2 rings (SSSR count). The molecule has 0 fully saturated rings. The highest BCUT2D eigenvalue weighted by Gasteiger charge is 2.12. The third-order valence-corrected chi connectivity index (χ3v) is 3.23. The van der Waals surface area contributed by atoms with Gasteiger partial charge >= 0.3 is 5.97 Å². The largest absolute Gasteiger partial charge is 0.481 e. The molecule has 1 N–H and O–H groups in total. The number of aliphatic imine (C=N–C) groups is 1. The van der Waals surface area contributed by atoms with Crippen LogP contribution in [-0.4, -0.2) is 28.3 Å². The zero-order chi connectivity index (χ0) is 11.4. The van der Waals surface area contributed by atoms with Gasteiger partial charge in [0, 0.05) is 13.0 Å². The first-order valence-corrected chi connectivity index (χ1v) is 5.82. The third kappa shape index (κ3) is 2.76. The number of carboxylic acids is 1. The highest BCUT2D eigenvalue weighted by Crippen LogP contribution is 2.34. The lowest BCUT2D eigenvalue weighted by Crippen LogP contribution is -2.17. The van der Waals surface area contributed by atoms with E-state index in [-0.39, 0.29) is 6.42 Å². The van der Waals surface area contributed by atoms with Crippen LogP contribution in [0.15, 0.2) is 34.2 Å². The summed E-state index contributed by atoms with van der Waals surface area (Å²) in [6, 6.07) is 7.91. The van der Waals surface area contributed by atoms with Crippen LogP contribution in [0.1, 0.15) is 12.8 Å². The van der Waals surface area contributed by atoms with E-state index in [0.717, 1.165) is 10.6 Å². The summed E-state index contributed by atoms with van der Waals surface area (Å²) in [7, 11) is 0. The van der Waals surface area contributed by atoms with Gasteiger partial charge in [-0.25, -0.2) is 4.99 Å². The van der Waals surface area contributed by atoms with Crippen LogP contribution < -0.4 is 0 Å². The number of rotatable bonds is 4. The summed E-state index contributed by atoms with van der Waals surface area (Å²) in [5.74, 6) is -0.751. The molecule has 5 heteroatoms. The SMILES string of the molecule is O=C(O)CCCN1C=Nc2ccccc2S1. The molecule has 16 heavy (non-hydrogen) atoms. The molecular formula is C11H12N2O2S. The van der Waals surface area contributed by atoms with E-state index in [2.05, 4.69) is 4.99 Å². The summed E-state index contributed by atoms with van der Waals surface area (Å²) < 4.78 is 1.96. The zero-order valence-corrected chi connectivity index (χ0v) is 9.48. The van der Waals surface area contributed by atoms with Crippen LogP contribution in [0, 0.1) is 0 Å². The fourth-order valence-corrected chi connectivity index (χ4v) is 2.33. The predicted octanol–water partition coefficient (Wildman–Crippen LogP) is 2.53. The second-order valence-corrected chi connectivity index (χ2v) is 4.53. The maximum absolute atomic E-state index is 10.4. The number of aliphatic carboxylic acids is 1. The van der Waals surface area contributed by atoms with Crippen LogP contribution in [0.4, 0.5) is 5.69 Å². The molecule has 1 aliphatic heterocycles. The van der Waals surface area contributed by atoms with Gasteiger partial charge < -0.3 is 9.41 Å². The van der Waals surface area contributed by atoms with Crippen molar-refractivity contribution < 1.29 is 9.90 Å². The highest BCUT2D eigenvalue weighted by atomic mass is 32.2. The van der Waals surface area contributed by atoms with Crippen LogP contribution in [0.3, 0.4) is 0 Å². The molecule has 0 unspecified atom stereocenters. The predicted molar refractivity (Wildman–Crippen MR) is 64.0 cm³/mol. The van der Waals surface area contributed by atoms with E-state index in [1.165, 1.54) is 0 Å². The molecular weight excluding hydrogens is 224 g/mol. The molecule has 0 aromatic heterocycles. The Hall–Kier alpha value is -1.49. The average molecular weight is 236 g/mol. The Kier molecular flexibility index (Phi) is 3.46. The minimum atomic E-state index is -0.751. The number of carboxylic acid groups (broad SMARTS) is 1. The van der Waals surface area contributed by atoms with Crippen molar-refractivity contribution in [2.24, 2.45) is 4.99 Å². The smallest absolute Gasteiger partial charge is 0.303 e. The molecule has 0 amide bonds. The van der Waals surface area contributed by atoms with Gasteiger partial charge in [0.05, 0.1) is 10.6 Å². The molecule has 0 aliphatic carbocycles. The van der Waals surface area contributed by atoms with E-state index in [4.69, 9.17) is 5.11 Å². The van der Waals surface area contributed by atoms with E-state index in [0.29, 0.717) is 13.0 Å². The third-order valence-electron chi connectivity index (χ3n) is 2.18. The Morgan fingerprint density at radius 3 is 3.06 bits per heavy atom. The summed E-state index contributed by atoms with van der Waals surface area (Å²) in [5.41, 5.74) is 0.974. The van der Waals surface area contributed by atoms with Crippen molar-refractivity contribution in [1.29, 1.82) is 0 Å². The normalized spacial score (nSPS) is 13.6. The number of carbonyl (C=O) groups is 1. The molecule has 1 aliphatic rings. The van der Waals surface area contributed by atoms with Gasteiger partial charge in [-0.2, -0.15) is 0 Å². The van der Waals surface area contributed by atoms with E-state index in [1.807, 2.05) is 28.6 Å². The number of fused-ring (bicyclic) bond motifs is 1. The summed E-state index contributed by atoms with van der Waals surface area (Å²) in [6.07, 6.45) is 2.60. The number of para-hydroxylation sites is 1. The number of nitrogens with zero attached hydrogens (tertiary/aromatic N) is 2. The van der Waals surface area contributed by atoms with E-state index < -0.39 is 5.97 Å². The molecule has 1 aromatic carbocycles. The Morgan fingerprint density at radius 2 is 2.25 bits per heavy atom. The van der Waals surface area contributed by atoms with Crippen molar-refractivity contribution in [3.05, 3.63) is 24.3 Å². The second-order valence-electron chi connectivity index (χ2n) is 3.44. The lowest BCUT2D eigenvalue weighted by molar-refractivity contribution is -0.137. The molecule has 4 nitrogen and oxygen atoms in total. The average Bonchev–Trinajstić information content (AvgIpc) is 2.28. The maximum Gasteiger partial charge on any atom is 0.303 e. The molecule has 0 bridgehead atoms.